The number of rotatable bonds is 3. The van der Waals surface area contributed by atoms with Crippen molar-refractivity contribution in [3.8, 4) is 11.5 Å². The molecule has 0 unspecified atom stereocenters. The lowest BCUT2D eigenvalue weighted by Crippen LogP contribution is -2.00. The zero-order chi connectivity index (χ0) is 13.1. The fourth-order valence-corrected chi connectivity index (χ4v) is 2.06. The van der Waals surface area contributed by atoms with Crippen molar-refractivity contribution in [1.29, 1.82) is 0 Å². The zero-order valence-corrected chi connectivity index (χ0v) is 11.2. The molecule has 0 bridgehead atoms. The van der Waals surface area contributed by atoms with Crippen LogP contribution in [0.25, 0.3) is 0 Å². The predicted octanol–water partition coefficient (Wildman–Crippen LogP) is 4.24. The van der Waals surface area contributed by atoms with Crippen molar-refractivity contribution in [2.24, 2.45) is 0 Å². The van der Waals surface area contributed by atoms with E-state index in [1.807, 2.05) is 6.07 Å². The smallest absolute Gasteiger partial charge is 0.138 e. The molecule has 0 saturated heterocycles. The molecule has 0 heterocycles. The molecule has 0 saturated carbocycles. The van der Waals surface area contributed by atoms with Gasteiger partial charge in [0.05, 0.1) is 5.02 Å². The molecule has 2 aromatic carbocycles. The number of benzene rings is 2. The molecule has 0 amide bonds. The van der Waals surface area contributed by atoms with Crippen LogP contribution in [-0.2, 0) is 6.61 Å². The van der Waals surface area contributed by atoms with Crippen molar-refractivity contribution < 1.29 is 9.84 Å². The summed E-state index contributed by atoms with van der Waals surface area (Å²) in [5, 5.41) is 9.69. The highest BCUT2D eigenvalue weighted by atomic mass is 35.5. The first-order valence-electron chi connectivity index (χ1n) is 5.74. The van der Waals surface area contributed by atoms with Gasteiger partial charge in [-0.05, 0) is 42.7 Å². The lowest BCUT2D eigenvalue weighted by atomic mass is 10.0. The van der Waals surface area contributed by atoms with Gasteiger partial charge < -0.3 is 9.84 Å². The average molecular weight is 263 g/mol. The Morgan fingerprint density at radius 2 is 1.78 bits per heavy atom. The van der Waals surface area contributed by atoms with Crippen LogP contribution in [0.15, 0.2) is 36.4 Å². The molecular formula is C15H15ClO2. The molecule has 2 aromatic rings. The molecule has 0 spiro atoms. The maximum Gasteiger partial charge on any atom is 0.138 e. The maximum atomic E-state index is 9.27. The Hall–Kier alpha value is -1.67. The number of aryl methyl sites for hydroxylation is 2. The Morgan fingerprint density at radius 1 is 1.11 bits per heavy atom. The summed E-state index contributed by atoms with van der Waals surface area (Å²) >= 11 is 5.99. The molecule has 0 aliphatic carbocycles. The molecule has 0 aliphatic rings. The molecule has 18 heavy (non-hydrogen) atoms. The molecular weight excluding hydrogens is 248 g/mol. The summed E-state index contributed by atoms with van der Waals surface area (Å²) in [5.74, 6) is 0.719. The maximum absolute atomic E-state index is 9.27. The van der Waals surface area contributed by atoms with E-state index in [-0.39, 0.29) is 5.75 Å². The van der Waals surface area contributed by atoms with Gasteiger partial charge in [-0.3, -0.25) is 0 Å². The van der Waals surface area contributed by atoms with E-state index in [0.29, 0.717) is 17.4 Å². The number of phenolic OH excluding ortho intramolecular Hbond substituents is 1. The number of hydrogen-bond donors (Lipinski definition) is 1. The molecule has 0 aliphatic heterocycles. The van der Waals surface area contributed by atoms with Gasteiger partial charge >= 0.3 is 0 Å². The van der Waals surface area contributed by atoms with E-state index in [1.165, 1.54) is 22.8 Å². The van der Waals surface area contributed by atoms with Gasteiger partial charge in [0, 0.05) is 6.07 Å². The standard InChI is InChI=1S/C15H15ClO2/c1-10-4-3-5-11(2)13(10)9-18-15-7-6-12(17)8-14(15)16/h3-8,17H,9H2,1-2H3. The molecule has 1 N–H and O–H groups in total. The molecule has 2 rings (SSSR count). The topological polar surface area (TPSA) is 29.5 Å². The number of phenols is 1. The van der Waals surface area contributed by atoms with Crippen LogP contribution in [0.1, 0.15) is 16.7 Å². The Kier molecular flexibility index (Phi) is 3.78. The number of aromatic hydroxyl groups is 1. The van der Waals surface area contributed by atoms with Crippen LogP contribution in [0.2, 0.25) is 5.02 Å². The van der Waals surface area contributed by atoms with Gasteiger partial charge in [0.25, 0.3) is 0 Å². The first kappa shape index (κ1) is 12.8. The van der Waals surface area contributed by atoms with E-state index < -0.39 is 0 Å². The predicted molar refractivity (Wildman–Crippen MR) is 73.4 cm³/mol. The second-order valence-corrected chi connectivity index (χ2v) is 4.68. The first-order chi connectivity index (χ1) is 8.58. The average Bonchev–Trinajstić information content (AvgIpc) is 2.31. The summed E-state index contributed by atoms with van der Waals surface area (Å²) in [6.45, 7) is 4.59. The summed E-state index contributed by atoms with van der Waals surface area (Å²) in [5.41, 5.74) is 3.57. The zero-order valence-electron chi connectivity index (χ0n) is 10.4. The van der Waals surface area contributed by atoms with Crippen LogP contribution in [0, 0.1) is 13.8 Å². The van der Waals surface area contributed by atoms with Crippen molar-refractivity contribution in [2.75, 3.05) is 0 Å². The minimum Gasteiger partial charge on any atom is -0.508 e. The molecule has 3 heteroatoms. The van der Waals surface area contributed by atoms with Crippen molar-refractivity contribution >= 4 is 11.6 Å². The van der Waals surface area contributed by atoms with Crippen LogP contribution in [-0.4, -0.2) is 5.11 Å². The van der Waals surface area contributed by atoms with Gasteiger partial charge in [-0.15, -0.1) is 0 Å². The van der Waals surface area contributed by atoms with Crippen molar-refractivity contribution in [3.05, 3.63) is 58.1 Å². The van der Waals surface area contributed by atoms with Crippen LogP contribution in [0.3, 0.4) is 0 Å². The lowest BCUT2D eigenvalue weighted by Gasteiger charge is -2.12. The highest BCUT2D eigenvalue weighted by molar-refractivity contribution is 6.32. The van der Waals surface area contributed by atoms with Crippen LogP contribution < -0.4 is 4.74 Å². The molecule has 94 valence electrons. The van der Waals surface area contributed by atoms with Crippen molar-refractivity contribution in [3.63, 3.8) is 0 Å². The molecule has 2 nitrogen and oxygen atoms in total. The molecule has 0 atom stereocenters. The highest BCUT2D eigenvalue weighted by Gasteiger charge is 2.06. The number of hydrogen-bond acceptors (Lipinski definition) is 2. The second kappa shape index (κ2) is 5.32. The third-order valence-corrected chi connectivity index (χ3v) is 3.23. The van der Waals surface area contributed by atoms with Gasteiger partial charge in [-0.25, -0.2) is 0 Å². The minimum atomic E-state index is 0.138. The second-order valence-electron chi connectivity index (χ2n) is 4.27. The quantitative estimate of drug-likeness (QED) is 0.896. The Balaban J connectivity index is 2.16. The summed E-state index contributed by atoms with van der Waals surface area (Å²) in [6, 6.07) is 10.9. The Bertz CT molecular complexity index is 544. The minimum absolute atomic E-state index is 0.138. The fourth-order valence-electron chi connectivity index (χ4n) is 1.83. The lowest BCUT2D eigenvalue weighted by molar-refractivity contribution is 0.304. The van der Waals surface area contributed by atoms with Gasteiger partial charge in [-0.2, -0.15) is 0 Å². The normalized spacial score (nSPS) is 10.4. The number of ether oxygens (including phenoxy) is 1. The highest BCUT2D eigenvalue weighted by Crippen LogP contribution is 2.29. The van der Waals surface area contributed by atoms with Gasteiger partial charge in [0.15, 0.2) is 0 Å². The van der Waals surface area contributed by atoms with E-state index >= 15 is 0 Å². The summed E-state index contributed by atoms with van der Waals surface area (Å²) in [6.07, 6.45) is 0. The van der Waals surface area contributed by atoms with Gasteiger partial charge in [0.2, 0.25) is 0 Å². The van der Waals surface area contributed by atoms with E-state index in [0.717, 1.165) is 0 Å². The first-order valence-corrected chi connectivity index (χ1v) is 6.12. The van der Waals surface area contributed by atoms with E-state index in [9.17, 15) is 5.11 Å². The third kappa shape index (κ3) is 2.77. The van der Waals surface area contributed by atoms with Gasteiger partial charge in [0.1, 0.15) is 18.1 Å². The van der Waals surface area contributed by atoms with Crippen molar-refractivity contribution in [1.82, 2.24) is 0 Å². The molecule has 0 aromatic heterocycles. The molecule has 0 radical (unpaired) electrons. The van der Waals surface area contributed by atoms with Crippen molar-refractivity contribution in [2.45, 2.75) is 20.5 Å². The van der Waals surface area contributed by atoms with E-state index in [2.05, 4.69) is 26.0 Å². The largest absolute Gasteiger partial charge is 0.508 e. The van der Waals surface area contributed by atoms with Crippen LogP contribution in [0.4, 0.5) is 0 Å². The monoisotopic (exact) mass is 262 g/mol. The number of halogens is 1. The summed E-state index contributed by atoms with van der Waals surface area (Å²) < 4.78 is 5.70. The van der Waals surface area contributed by atoms with E-state index in [1.54, 1.807) is 12.1 Å². The fraction of sp³-hybridized carbons (Fsp3) is 0.200. The van der Waals surface area contributed by atoms with Gasteiger partial charge in [-0.1, -0.05) is 29.8 Å². The van der Waals surface area contributed by atoms with E-state index in [4.69, 9.17) is 16.3 Å². The molecule has 0 fully saturated rings. The summed E-state index contributed by atoms with van der Waals surface area (Å²) in [4.78, 5) is 0. The Labute approximate surface area is 112 Å². The van der Waals surface area contributed by atoms with Crippen LogP contribution >= 0.6 is 11.6 Å². The third-order valence-electron chi connectivity index (χ3n) is 2.93. The van der Waals surface area contributed by atoms with Crippen LogP contribution in [0.5, 0.6) is 11.5 Å². The summed E-state index contributed by atoms with van der Waals surface area (Å²) in [7, 11) is 0. The SMILES string of the molecule is Cc1cccc(C)c1COc1ccc(O)cc1Cl. The Morgan fingerprint density at radius 3 is 2.39 bits per heavy atom.